The molecule has 4 heteroatoms. The minimum Gasteiger partial charge on any atom is -0.206 e. The Morgan fingerprint density at radius 3 is 2.30 bits per heavy atom. The first-order valence-corrected chi connectivity index (χ1v) is 4.71. The molecule has 0 N–H and O–H groups in total. The van der Waals surface area contributed by atoms with Crippen LogP contribution >= 0.6 is 47.8 Å². The average Bonchev–Trinajstić information content (AvgIpc) is 1.93. The Hall–Kier alpha value is 0.590. The predicted molar refractivity (Wildman–Crippen MR) is 48.3 cm³/mol. The third-order valence-electron chi connectivity index (χ3n) is 0.921. The highest BCUT2D eigenvalue weighted by molar-refractivity contribution is 9.14. The molecule has 0 spiro atoms. The van der Waals surface area contributed by atoms with Gasteiger partial charge in [0.1, 0.15) is 5.82 Å². The number of benzene rings is 1. The Labute approximate surface area is 83.2 Å². The van der Waals surface area contributed by atoms with E-state index in [9.17, 15) is 4.39 Å². The second-order valence-electron chi connectivity index (χ2n) is 1.58. The van der Waals surface area contributed by atoms with Crippen molar-refractivity contribution in [3.05, 3.63) is 31.4 Å². The quantitative estimate of drug-likeness (QED) is 0.499. The molecule has 1 radical (unpaired) electrons. The third-order valence-corrected chi connectivity index (χ3v) is 4.18. The van der Waals surface area contributed by atoms with Crippen LogP contribution in [0.1, 0.15) is 0 Å². The van der Waals surface area contributed by atoms with Crippen molar-refractivity contribution in [2.45, 2.75) is 0 Å². The molecule has 0 heterocycles. The first-order chi connectivity index (χ1) is 4.63. The van der Waals surface area contributed by atoms with Gasteiger partial charge in [0, 0.05) is 15.0 Å². The highest BCUT2D eigenvalue weighted by atomic mass is 79.9. The summed E-state index contributed by atoms with van der Waals surface area (Å²) >= 11 is 9.40. The van der Waals surface area contributed by atoms with Gasteiger partial charge < -0.3 is 0 Å². The molecule has 0 nitrogen and oxygen atoms in total. The van der Waals surface area contributed by atoms with Crippen molar-refractivity contribution in [2.75, 3.05) is 0 Å². The van der Waals surface area contributed by atoms with Crippen LogP contribution in [0.15, 0.2) is 19.5 Å². The summed E-state index contributed by atoms with van der Waals surface area (Å²) in [6.45, 7) is 0. The van der Waals surface area contributed by atoms with E-state index in [1.165, 1.54) is 6.07 Å². The van der Waals surface area contributed by atoms with Crippen LogP contribution in [0.4, 0.5) is 4.39 Å². The molecule has 0 saturated carbocycles. The average molecular weight is 332 g/mol. The van der Waals surface area contributed by atoms with E-state index >= 15 is 0 Å². The summed E-state index contributed by atoms with van der Waals surface area (Å²) in [5.41, 5.74) is 0. The highest BCUT2D eigenvalue weighted by Crippen LogP contribution is 2.31. The van der Waals surface area contributed by atoms with Gasteiger partial charge >= 0.3 is 0 Å². The molecule has 1 aromatic rings. The third kappa shape index (κ3) is 1.60. The van der Waals surface area contributed by atoms with Crippen molar-refractivity contribution in [2.24, 2.45) is 0 Å². The van der Waals surface area contributed by atoms with Gasteiger partial charge in [-0.05, 0) is 53.9 Å². The summed E-state index contributed by atoms with van der Waals surface area (Å²) < 4.78 is 14.4. The molecule has 0 fully saturated rings. The van der Waals surface area contributed by atoms with Gasteiger partial charge in [-0.15, -0.1) is 0 Å². The van der Waals surface area contributed by atoms with E-state index in [1.54, 1.807) is 0 Å². The molecule has 1 rings (SSSR count). The maximum absolute atomic E-state index is 12.6. The van der Waals surface area contributed by atoms with E-state index in [0.717, 1.165) is 0 Å². The zero-order valence-electron chi connectivity index (χ0n) is 4.59. The minimum absolute atomic E-state index is 0.324. The molecule has 0 saturated heterocycles. The first-order valence-electron chi connectivity index (χ1n) is 2.33. The number of hydrogen-bond acceptors (Lipinski definition) is 0. The van der Waals surface area contributed by atoms with Gasteiger partial charge in [-0.1, -0.05) is 0 Å². The fourth-order valence-electron chi connectivity index (χ4n) is 0.455. The molecule has 0 unspecified atom stereocenters. The summed E-state index contributed by atoms with van der Waals surface area (Å²) in [5, 5.41) is 0. The number of halogens is 4. The normalized spacial score (nSPS) is 10.0. The molecule has 53 valence electrons. The van der Waals surface area contributed by atoms with Crippen molar-refractivity contribution >= 4 is 47.8 Å². The van der Waals surface area contributed by atoms with E-state index in [2.05, 4.69) is 53.9 Å². The van der Waals surface area contributed by atoms with Crippen LogP contribution in [-0.2, 0) is 0 Å². The molecular formula is C6HBr3F. The standard InChI is InChI=1S/C6HBr3F/c7-3-1-2-4(10)6(9)5(3)8/h2H. The zero-order chi connectivity index (χ0) is 7.72. The molecule has 0 amide bonds. The van der Waals surface area contributed by atoms with E-state index < -0.39 is 0 Å². The van der Waals surface area contributed by atoms with Crippen LogP contribution in [0.25, 0.3) is 0 Å². The first kappa shape index (κ1) is 8.68. The topological polar surface area (TPSA) is 0 Å². The van der Waals surface area contributed by atoms with Crippen molar-refractivity contribution in [3.63, 3.8) is 0 Å². The lowest BCUT2D eigenvalue weighted by molar-refractivity contribution is 0.619. The maximum atomic E-state index is 12.6. The van der Waals surface area contributed by atoms with Crippen LogP contribution in [0, 0.1) is 11.9 Å². The lowest BCUT2D eigenvalue weighted by Gasteiger charge is -1.98. The van der Waals surface area contributed by atoms with Crippen molar-refractivity contribution in [1.82, 2.24) is 0 Å². The predicted octanol–water partition coefficient (Wildman–Crippen LogP) is 3.91. The monoisotopic (exact) mass is 329 g/mol. The van der Waals surface area contributed by atoms with Gasteiger partial charge in [-0.25, -0.2) is 4.39 Å². The molecule has 0 bridgehead atoms. The smallest absolute Gasteiger partial charge is 0.139 e. The number of hydrogen-bond donors (Lipinski definition) is 0. The summed E-state index contributed by atoms with van der Waals surface area (Å²) in [6.07, 6.45) is 0. The van der Waals surface area contributed by atoms with Gasteiger partial charge in [0.2, 0.25) is 0 Å². The largest absolute Gasteiger partial charge is 0.206 e. The summed E-state index contributed by atoms with van der Waals surface area (Å²) in [7, 11) is 0. The van der Waals surface area contributed by atoms with Gasteiger partial charge in [0.05, 0.1) is 4.47 Å². The van der Waals surface area contributed by atoms with Gasteiger partial charge in [0.25, 0.3) is 0 Å². The number of rotatable bonds is 0. The minimum atomic E-state index is -0.324. The van der Waals surface area contributed by atoms with Crippen molar-refractivity contribution < 1.29 is 4.39 Å². The maximum Gasteiger partial charge on any atom is 0.139 e. The SMILES string of the molecule is Fc1c[c]c(Br)c(Br)c1Br. The lowest BCUT2D eigenvalue weighted by Crippen LogP contribution is -1.79. The Morgan fingerprint density at radius 1 is 1.20 bits per heavy atom. The molecule has 0 aliphatic rings. The van der Waals surface area contributed by atoms with E-state index in [0.29, 0.717) is 13.4 Å². The van der Waals surface area contributed by atoms with Crippen LogP contribution < -0.4 is 0 Å². The van der Waals surface area contributed by atoms with Crippen LogP contribution in [0.3, 0.4) is 0 Å². The Morgan fingerprint density at radius 2 is 1.80 bits per heavy atom. The fourth-order valence-corrected chi connectivity index (χ4v) is 1.65. The summed E-state index contributed by atoms with van der Waals surface area (Å²) in [5.74, 6) is -0.324. The molecule has 0 aliphatic heterocycles. The molecule has 0 aliphatic carbocycles. The van der Waals surface area contributed by atoms with E-state index in [4.69, 9.17) is 0 Å². The van der Waals surface area contributed by atoms with Crippen molar-refractivity contribution in [3.8, 4) is 0 Å². The Balaban J connectivity index is 3.34. The molecule has 0 atom stereocenters. The fraction of sp³-hybridized carbons (Fsp3) is 0. The van der Waals surface area contributed by atoms with Gasteiger partial charge in [-0.2, -0.15) is 0 Å². The molecule has 10 heavy (non-hydrogen) atoms. The second-order valence-corrected chi connectivity index (χ2v) is 3.96. The molecule has 0 aromatic heterocycles. The van der Waals surface area contributed by atoms with Crippen LogP contribution in [0.5, 0.6) is 0 Å². The summed E-state index contributed by atoms with van der Waals surface area (Å²) in [6, 6.07) is 3.94. The van der Waals surface area contributed by atoms with Gasteiger partial charge in [0.15, 0.2) is 0 Å². The molecule has 1 aromatic carbocycles. The second kappa shape index (κ2) is 3.32. The lowest BCUT2D eigenvalue weighted by atomic mass is 10.4. The van der Waals surface area contributed by atoms with Crippen LogP contribution in [-0.4, -0.2) is 0 Å². The van der Waals surface area contributed by atoms with Crippen LogP contribution in [0.2, 0.25) is 0 Å². The zero-order valence-corrected chi connectivity index (χ0v) is 9.35. The van der Waals surface area contributed by atoms with Crippen molar-refractivity contribution in [1.29, 1.82) is 0 Å². The van der Waals surface area contributed by atoms with E-state index in [1.807, 2.05) is 0 Å². The highest BCUT2D eigenvalue weighted by Gasteiger charge is 2.05. The summed E-state index contributed by atoms with van der Waals surface area (Å²) in [4.78, 5) is 0. The molecular weight excluding hydrogens is 331 g/mol. The Bertz CT molecular complexity index is 232. The Kier molecular flexibility index (Phi) is 2.89. The van der Waals surface area contributed by atoms with Gasteiger partial charge in [-0.3, -0.25) is 0 Å². The van der Waals surface area contributed by atoms with E-state index in [-0.39, 0.29) is 5.82 Å².